The zero-order valence-electron chi connectivity index (χ0n) is 10.8. The summed E-state index contributed by atoms with van der Waals surface area (Å²) in [6.07, 6.45) is 2.89. The fourth-order valence-corrected chi connectivity index (χ4v) is 1.97. The SMILES string of the molecule is CC1C(OCc2ccccc2)=CC=CN1CC(F)F. The maximum atomic E-state index is 12.4. The van der Waals surface area contributed by atoms with Gasteiger partial charge in [-0.05, 0) is 24.6 Å². The van der Waals surface area contributed by atoms with E-state index in [9.17, 15) is 8.78 Å². The number of alkyl halides is 2. The smallest absolute Gasteiger partial charge is 0.255 e. The second kappa shape index (κ2) is 6.36. The van der Waals surface area contributed by atoms with E-state index in [4.69, 9.17) is 4.74 Å². The normalized spacial score (nSPS) is 18.6. The molecule has 0 saturated heterocycles. The number of allylic oxidation sites excluding steroid dienone is 2. The van der Waals surface area contributed by atoms with Crippen LogP contribution in [0.1, 0.15) is 12.5 Å². The van der Waals surface area contributed by atoms with Crippen molar-refractivity contribution in [2.24, 2.45) is 0 Å². The van der Waals surface area contributed by atoms with E-state index in [2.05, 4.69) is 0 Å². The Balaban J connectivity index is 1.93. The van der Waals surface area contributed by atoms with E-state index in [-0.39, 0.29) is 12.6 Å². The maximum Gasteiger partial charge on any atom is 0.255 e. The van der Waals surface area contributed by atoms with E-state index >= 15 is 0 Å². The third-order valence-corrected chi connectivity index (χ3v) is 3.04. The molecule has 0 bridgehead atoms. The first-order valence-electron chi connectivity index (χ1n) is 6.26. The highest BCUT2D eigenvalue weighted by atomic mass is 19.3. The molecular weight excluding hydrogens is 248 g/mol. The van der Waals surface area contributed by atoms with Crippen LogP contribution >= 0.6 is 0 Å². The lowest BCUT2D eigenvalue weighted by Crippen LogP contribution is -2.35. The van der Waals surface area contributed by atoms with Crippen LogP contribution in [0.2, 0.25) is 0 Å². The van der Waals surface area contributed by atoms with Gasteiger partial charge < -0.3 is 9.64 Å². The molecule has 2 nitrogen and oxygen atoms in total. The zero-order chi connectivity index (χ0) is 13.7. The number of benzene rings is 1. The van der Waals surface area contributed by atoms with Gasteiger partial charge in [-0.2, -0.15) is 0 Å². The van der Waals surface area contributed by atoms with Crippen LogP contribution in [0.3, 0.4) is 0 Å². The van der Waals surface area contributed by atoms with Crippen LogP contribution in [-0.2, 0) is 11.3 Å². The summed E-state index contributed by atoms with van der Waals surface area (Å²) in [6.45, 7) is 2.04. The molecule has 102 valence electrons. The molecule has 1 aromatic rings. The van der Waals surface area contributed by atoms with E-state index in [0.717, 1.165) is 5.56 Å². The summed E-state index contributed by atoms with van der Waals surface area (Å²) < 4.78 is 30.6. The predicted molar refractivity (Wildman–Crippen MR) is 70.6 cm³/mol. The lowest BCUT2D eigenvalue weighted by atomic mass is 10.1. The molecular formula is C15H17F2NO. The van der Waals surface area contributed by atoms with Crippen LogP contribution in [0.5, 0.6) is 0 Å². The summed E-state index contributed by atoms with van der Waals surface area (Å²) in [7, 11) is 0. The van der Waals surface area contributed by atoms with Crippen molar-refractivity contribution in [2.45, 2.75) is 26.0 Å². The van der Waals surface area contributed by atoms with E-state index < -0.39 is 6.43 Å². The van der Waals surface area contributed by atoms with Gasteiger partial charge in [0.15, 0.2) is 0 Å². The van der Waals surface area contributed by atoms with E-state index in [1.54, 1.807) is 17.2 Å². The van der Waals surface area contributed by atoms with E-state index in [1.165, 1.54) is 0 Å². The molecule has 0 amide bonds. The number of hydrogen-bond donors (Lipinski definition) is 0. The van der Waals surface area contributed by atoms with Crippen molar-refractivity contribution in [1.29, 1.82) is 0 Å². The first-order chi connectivity index (χ1) is 9.16. The molecule has 1 aromatic carbocycles. The van der Waals surface area contributed by atoms with Gasteiger partial charge in [-0.15, -0.1) is 0 Å². The Labute approximate surface area is 112 Å². The van der Waals surface area contributed by atoms with Crippen molar-refractivity contribution in [3.8, 4) is 0 Å². The fraction of sp³-hybridized carbons (Fsp3) is 0.333. The second-order valence-corrected chi connectivity index (χ2v) is 4.45. The molecule has 0 radical (unpaired) electrons. The van der Waals surface area contributed by atoms with Crippen molar-refractivity contribution in [3.63, 3.8) is 0 Å². The van der Waals surface area contributed by atoms with Crippen molar-refractivity contribution < 1.29 is 13.5 Å². The van der Waals surface area contributed by atoms with Gasteiger partial charge in [-0.3, -0.25) is 0 Å². The van der Waals surface area contributed by atoms with Gasteiger partial charge in [-0.25, -0.2) is 8.78 Å². The molecule has 19 heavy (non-hydrogen) atoms. The van der Waals surface area contributed by atoms with Gasteiger partial charge in [0.05, 0.1) is 12.6 Å². The molecule has 1 atom stereocenters. The Morgan fingerprint density at radius 2 is 2.00 bits per heavy atom. The van der Waals surface area contributed by atoms with Crippen LogP contribution in [0.25, 0.3) is 0 Å². The number of rotatable bonds is 5. The van der Waals surface area contributed by atoms with Crippen molar-refractivity contribution in [3.05, 3.63) is 60.0 Å². The Morgan fingerprint density at radius 1 is 1.26 bits per heavy atom. The highest BCUT2D eigenvalue weighted by Gasteiger charge is 2.21. The van der Waals surface area contributed by atoms with Crippen molar-refractivity contribution >= 4 is 0 Å². The van der Waals surface area contributed by atoms with Gasteiger partial charge in [0, 0.05) is 6.20 Å². The van der Waals surface area contributed by atoms with Crippen LogP contribution in [0.4, 0.5) is 8.78 Å². The fourth-order valence-electron chi connectivity index (χ4n) is 1.97. The average molecular weight is 265 g/mol. The third-order valence-electron chi connectivity index (χ3n) is 3.04. The highest BCUT2D eigenvalue weighted by molar-refractivity contribution is 5.19. The minimum atomic E-state index is -2.35. The van der Waals surface area contributed by atoms with Gasteiger partial charge in [0.1, 0.15) is 12.4 Å². The maximum absolute atomic E-state index is 12.4. The van der Waals surface area contributed by atoms with Gasteiger partial charge in [0.25, 0.3) is 6.43 Å². The molecule has 0 saturated carbocycles. The minimum Gasteiger partial charge on any atom is -0.491 e. The summed E-state index contributed by atoms with van der Waals surface area (Å²) in [5.74, 6) is 0.715. The summed E-state index contributed by atoms with van der Waals surface area (Å²) >= 11 is 0. The molecule has 1 unspecified atom stereocenters. The molecule has 1 aliphatic rings. The summed E-state index contributed by atoms with van der Waals surface area (Å²) in [4.78, 5) is 1.59. The lowest BCUT2D eigenvalue weighted by molar-refractivity contribution is 0.0781. The van der Waals surface area contributed by atoms with Gasteiger partial charge in [0.2, 0.25) is 0 Å². The predicted octanol–water partition coefficient (Wildman–Crippen LogP) is 3.57. The lowest BCUT2D eigenvalue weighted by Gasteiger charge is -2.31. The molecule has 0 aliphatic carbocycles. The molecule has 2 rings (SSSR count). The third kappa shape index (κ3) is 3.81. The van der Waals surface area contributed by atoms with Crippen molar-refractivity contribution in [1.82, 2.24) is 4.90 Å². The Hall–Kier alpha value is -1.84. The number of nitrogens with zero attached hydrogens (tertiary/aromatic N) is 1. The molecule has 0 N–H and O–H groups in total. The van der Waals surface area contributed by atoms with Crippen LogP contribution < -0.4 is 0 Å². The molecule has 0 spiro atoms. The largest absolute Gasteiger partial charge is 0.491 e. The highest BCUT2D eigenvalue weighted by Crippen LogP contribution is 2.19. The number of hydrogen-bond acceptors (Lipinski definition) is 2. The van der Waals surface area contributed by atoms with E-state index in [1.807, 2.05) is 43.3 Å². The van der Waals surface area contributed by atoms with Gasteiger partial charge in [-0.1, -0.05) is 30.3 Å². The topological polar surface area (TPSA) is 12.5 Å². The average Bonchev–Trinajstić information content (AvgIpc) is 2.40. The number of halogens is 2. The quantitative estimate of drug-likeness (QED) is 0.807. The minimum absolute atomic E-state index is 0.164. The van der Waals surface area contributed by atoms with Gasteiger partial charge >= 0.3 is 0 Å². The standard InChI is InChI=1S/C15H17F2NO/c1-12-14(8-5-9-18(12)10-15(16)17)19-11-13-6-3-2-4-7-13/h2-9,12,15H,10-11H2,1H3. The number of ether oxygens (including phenoxy) is 1. The zero-order valence-corrected chi connectivity index (χ0v) is 10.8. The molecule has 1 aliphatic heterocycles. The monoisotopic (exact) mass is 265 g/mol. The summed E-state index contributed by atoms with van der Waals surface area (Å²) in [5.41, 5.74) is 1.06. The first-order valence-corrected chi connectivity index (χ1v) is 6.26. The first kappa shape index (κ1) is 13.6. The second-order valence-electron chi connectivity index (χ2n) is 4.45. The summed E-state index contributed by atoms with van der Waals surface area (Å²) in [6, 6.07) is 9.62. The van der Waals surface area contributed by atoms with Crippen LogP contribution in [-0.4, -0.2) is 23.9 Å². The van der Waals surface area contributed by atoms with Crippen molar-refractivity contribution in [2.75, 3.05) is 6.54 Å². The Morgan fingerprint density at radius 3 is 2.68 bits per heavy atom. The molecule has 0 aromatic heterocycles. The molecule has 1 heterocycles. The van der Waals surface area contributed by atoms with E-state index in [0.29, 0.717) is 12.4 Å². The van der Waals surface area contributed by atoms with Crippen LogP contribution in [0.15, 0.2) is 54.4 Å². The van der Waals surface area contributed by atoms with Crippen LogP contribution in [0, 0.1) is 0 Å². The Bertz CT molecular complexity index is 456. The summed E-state index contributed by atoms with van der Waals surface area (Å²) in [5, 5.41) is 0. The Kier molecular flexibility index (Phi) is 4.55. The molecule has 4 heteroatoms. The molecule has 0 fully saturated rings.